The molecule has 1 fully saturated rings. The van der Waals surface area contributed by atoms with E-state index in [1.807, 2.05) is 11.8 Å². The third-order valence-electron chi connectivity index (χ3n) is 3.74. The van der Waals surface area contributed by atoms with Gasteiger partial charge in [0.25, 0.3) is 0 Å². The fraction of sp³-hybridized carbons (Fsp3) is 0.467. The molecule has 0 radical (unpaired) electrons. The minimum atomic E-state index is -0.994. The van der Waals surface area contributed by atoms with Gasteiger partial charge >= 0.3 is 12.0 Å². The lowest BCUT2D eigenvalue weighted by Crippen LogP contribution is -2.39. The standard InChI is InChI=1S/C15H20N2O3S/c1-10-11(13(18)19)5-3-6-12(10)17-14(20)16-9-15(2)7-4-8-21-15/h3,5-6H,4,7-9H2,1-2H3,(H,18,19)(H2,16,17,20). The molecule has 0 saturated carbocycles. The summed E-state index contributed by atoms with van der Waals surface area (Å²) in [6.45, 7) is 4.45. The summed E-state index contributed by atoms with van der Waals surface area (Å²) in [6.07, 6.45) is 2.29. The van der Waals surface area contributed by atoms with Crippen molar-refractivity contribution in [3.05, 3.63) is 29.3 Å². The Kier molecular flexibility index (Phi) is 4.77. The number of urea groups is 1. The van der Waals surface area contributed by atoms with Crippen molar-refractivity contribution in [2.75, 3.05) is 17.6 Å². The van der Waals surface area contributed by atoms with Crippen molar-refractivity contribution in [1.82, 2.24) is 5.32 Å². The monoisotopic (exact) mass is 308 g/mol. The first-order valence-corrected chi connectivity index (χ1v) is 7.91. The second-order valence-corrected chi connectivity index (χ2v) is 7.18. The van der Waals surface area contributed by atoms with E-state index in [-0.39, 0.29) is 16.3 Å². The first kappa shape index (κ1) is 15.7. The summed E-state index contributed by atoms with van der Waals surface area (Å²) in [5.41, 5.74) is 1.28. The lowest BCUT2D eigenvalue weighted by Gasteiger charge is -2.23. The molecule has 1 aliphatic rings. The molecule has 0 aromatic heterocycles. The van der Waals surface area contributed by atoms with Gasteiger partial charge in [0.2, 0.25) is 0 Å². The number of hydrogen-bond donors (Lipinski definition) is 3. The van der Waals surface area contributed by atoms with E-state index in [1.165, 1.54) is 12.5 Å². The molecule has 0 spiro atoms. The molecule has 3 N–H and O–H groups in total. The van der Waals surface area contributed by atoms with Crippen LogP contribution in [0.5, 0.6) is 0 Å². The van der Waals surface area contributed by atoms with E-state index in [9.17, 15) is 9.59 Å². The van der Waals surface area contributed by atoms with E-state index in [0.29, 0.717) is 17.8 Å². The van der Waals surface area contributed by atoms with Crippen molar-refractivity contribution < 1.29 is 14.7 Å². The second-order valence-electron chi connectivity index (χ2n) is 5.49. The normalized spacial score (nSPS) is 21.0. The van der Waals surface area contributed by atoms with E-state index >= 15 is 0 Å². The van der Waals surface area contributed by atoms with Gasteiger partial charge in [-0.1, -0.05) is 6.07 Å². The van der Waals surface area contributed by atoms with Crippen molar-refractivity contribution in [2.24, 2.45) is 0 Å². The van der Waals surface area contributed by atoms with Gasteiger partial charge in [-0.05, 0) is 50.1 Å². The Morgan fingerprint density at radius 3 is 2.81 bits per heavy atom. The van der Waals surface area contributed by atoms with Crippen LogP contribution in [-0.2, 0) is 0 Å². The zero-order valence-electron chi connectivity index (χ0n) is 12.2. The van der Waals surface area contributed by atoms with Crippen LogP contribution in [0.3, 0.4) is 0 Å². The number of rotatable bonds is 4. The molecule has 0 bridgehead atoms. The molecule has 0 aliphatic carbocycles. The van der Waals surface area contributed by atoms with Crippen molar-refractivity contribution in [2.45, 2.75) is 31.4 Å². The molecule has 21 heavy (non-hydrogen) atoms. The van der Waals surface area contributed by atoms with Gasteiger partial charge in [-0.2, -0.15) is 11.8 Å². The fourth-order valence-corrected chi connectivity index (χ4v) is 3.66. The van der Waals surface area contributed by atoms with E-state index in [4.69, 9.17) is 5.11 Å². The highest BCUT2D eigenvalue weighted by atomic mass is 32.2. The Hall–Kier alpha value is -1.69. The number of amides is 2. The van der Waals surface area contributed by atoms with Crippen LogP contribution in [0.4, 0.5) is 10.5 Å². The van der Waals surface area contributed by atoms with Crippen molar-refractivity contribution in [1.29, 1.82) is 0 Å². The summed E-state index contributed by atoms with van der Waals surface area (Å²) >= 11 is 1.88. The number of thioether (sulfide) groups is 1. The van der Waals surface area contributed by atoms with Gasteiger partial charge in [0.05, 0.1) is 5.56 Å². The van der Waals surface area contributed by atoms with Gasteiger partial charge in [0.1, 0.15) is 0 Å². The van der Waals surface area contributed by atoms with Crippen LogP contribution in [0.15, 0.2) is 18.2 Å². The number of carbonyl (C=O) groups is 2. The third-order valence-corrected chi connectivity index (χ3v) is 5.27. The number of aromatic carboxylic acids is 1. The number of carbonyl (C=O) groups excluding carboxylic acids is 1. The molecule has 1 aliphatic heterocycles. The average molecular weight is 308 g/mol. The Balaban J connectivity index is 1.97. The van der Waals surface area contributed by atoms with Crippen molar-refractivity contribution in [3.8, 4) is 0 Å². The lowest BCUT2D eigenvalue weighted by molar-refractivity contribution is 0.0696. The van der Waals surface area contributed by atoms with Crippen molar-refractivity contribution in [3.63, 3.8) is 0 Å². The SMILES string of the molecule is Cc1c(NC(=O)NCC2(C)CCCS2)cccc1C(=O)O. The molecule has 1 saturated heterocycles. The summed E-state index contributed by atoms with van der Waals surface area (Å²) in [5.74, 6) is 0.144. The van der Waals surface area contributed by atoms with Gasteiger partial charge in [-0.15, -0.1) is 0 Å². The molecule has 2 rings (SSSR count). The minimum absolute atomic E-state index is 0.106. The summed E-state index contributed by atoms with van der Waals surface area (Å²) in [4.78, 5) is 23.0. The average Bonchev–Trinajstić information content (AvgIpc) is 2.86. The predicted molar refractivity (Wildman–Crippen MR) is 85.3 cm³/mol. The molecule has 5 nitrogen and oxygen atoms in total. The topological polar surface area (TPSA) is 78.4 Å². The zero-order valence-corrected chi connectivity index (χ0v) is 13.0. The number of carboxylic acid groups (broad SMARTS) is 1. The van der Waals surface area contributed by atoms with E-state index in [0.717, 1.165) is 12.2 Å². The number of hydrogen-bond acceptors (Lipinski definition) is 3. The van der Waals surface area contributed by atoms with Crippen LogP contribution in [0.25, 0.3) is 0 Å². The van der Waals surface area contributed by atoms with Crippen LogP contribution in [0.1, 0.15) is 35.7 Å². The summed E-state index contributed by atoms with van der Waals surface area (Å²) in [5, 5.41) is 14.7. The van der Waals surface area contributed by atoms with Gasteiger partial charge in [0, 0.05) is 17.0 Å². The third kappa shape index (κ3) is 3.91. The molecule has 2 amide bonds. The molecule has 1 atom stereocenters. The second kappa shape index (κ2) is 6.39. The van der Waals surface area contributed by atoms with E-state index in [1.54, 1.807) is 19.1 Å². The molecular weight excluding hydrogens is 288 g/mol. The minimum Gasteiger partial charge on any atom is -0.478 e. The molecule has 6 heteroatoms. The van der Waals surface area contributed by atoms with Crippen LogP contribution >= 0.6 is 11.8 Å². The highest BCUT2D eigenvalue weighted by molar-refractivity contribution is 8.00. The summed E-state index contributed by atoms with van der Waals surface area (Å²) in [7, 11) is 0. The molecule has 1 aromatic carbocycles. The maximum atomic E-state index is 12.0. The maximum Gasteiger partial charge on any atom is 0.336 e. The quantitative estimate of drug-likeness (QED) is 0.798. The van der Waals surface area contributed by atoms with Gasteiger partial charge in [-0.3, -0.25) is 0 Å². The summed E-state index contributed by atoms with van der Waals surface area (Å²) in [6, 6.07) is 4.55. The van der Waals surface area contributed by atoms with Crippen LogP contribution < -0.4 is 10.6 Å². The fourth-order valence-electron chi connectivity index (χ4n) is 2.41. The smallest absolute Gasteiger partial charge is 0.336 e. The number of carboxylic acids is 1. The number of nitrogens with one attached hydrogen (secondary N) is 2. The first-order valence-electron chi connectivity index (χ1n) is 6.93. The van der Waals surface area contributed by atoms with Gasteiger partial charge in [0.15, 0.2) is 0 Å². The van der Waals surface area contributed by atoms with Crippen molar-refractivity contribution >= 4 is 29.4 Å². The molecular formula is C15H20N2O3S. The highest BCUT2D eigenvalue weighted by Crippen LogP contribution is 2.36. The van der Waals surface area contributed by atoms with Crippen LogP contribution in [0, 0.1) is 6.92 Å². The maximum absolute atomic E-state index is 12.0. The van der Waals surface area contributed by atoms with Crippen LogP contribution in [-0.4, -0.2) is 34.2 Å². The Labute approximate surface area is 128 Å². The first-order chi connectivity index (χ1) is 9.91. The Morgan fingerprint density at radius 2 is 2.19 bits per heavy atom. The lowest BCUT2D eigenvalue weighted by atomic mass is 10.1. The highest BCUT2D eigenvalue weighted by Gasteiger charge is 2.29. The Morgan fingerprint density at radius 1 is 1.43 bits per heavy atom. The molecule has 1 heterocycles. The molecule has 1 aromatic rings. The number of anilines is 1. The molecule has 1 unspecified atom stereocenters. The van der Waals surface area contributed by atoms with Gasteiger partial charge in [-0.25, -0.2) is 9.59 Å². The Bertz CT molecular complexity index is 554. The summed E-state index contributed by atoms with van der Waals surface area (Å²) < 4.78 is 0.106. The molecule has 114 valence electrons. The number of benzene rings is 1. The van der Waals surface area contributed by atoms with E-state index < -0.39 is 5.97 Å². The zero-order chi connectivity index (χ0) is 15.5. The van der Waals surface area contributed by atoms with Gasteiger partial charge < -0.3 is 15.7 Å². The largest absolute Gasteiger partial charge is 0.478 e. The van der Waals surface area contributed by atoms with Crippen LogP contribution in [0.2, 0.25) is 0 Å². The predicted octanol–water partition coefficient (Wildman–Crippen LogP) is 3.10. The van der Waals surface area contributed by atoms with E-state index in [2.05, 4.69) is 17.6 Å².